The highest BCUT2D eigenvalue weighted by Gasteiger charge is 2.34. The normalized spacial score (nSPS) is 14.5. The Balaban J connectivity index is 1.86. The van der Waals surface area contributed by atoms with Crippen molar-refractivity contribution in [3.05, 3.63) is 58.9 Å². The Morgan fingerprint density at radius 2 is 1.80 bits per heavy atom. The molecule has 238 valence electrons. The van der Waals surface area contributed by atoms with Gasteiger partial charge in [-0.25, -0.2) is 9.78 Å². The van der Waals surface area contributed by atoms with Crippen LogP contribution in [0.4, 0.5) is 5.95 Å². The first-order chi connectivity index (χ1) is 21.3. The van der Waals surface area contributed by atoms with Crippen LogP contribution in [-0.2, 0) is 19.0 Å². The number of benzene rings is 2. The monoisotopic (exact) mass is 615 g/mol. The summed E-state index contributed by atoms with van der Waals surface area (Å²) in [5, 5.41) is 14.3. The molecule has 3 heterocycles. The zero-order chi connectivity index (χ0) is 32.6. The molecule has 1 saturated heterocycles. The first-order valence-electron chi connectivity index (χ1n) is 14.8. The molecule has 1 aliphatic heterocycles. The van der Waals surface area contributed by atoms with Gasteiger partial charge < -0.3 is 35.1 Å². The number of carboxylic acids is 1. The van der Waals surface area contributed by atoms with Crippen molar-refractivity contribution in [1.29, 1.82) is 0 Å². The van der Waals surface area contributed by atoms with E-state index in [-0.39, 0.29) is 11.3 Å². The number of aromatic nitrogens is 3. The predicted molar refractivity (Wildman–Crippen MR) is 174 cm³/mol. The summed E-state index contributed by atoms with van der Waals surface area (Å²) in [7, 11) is 7.04. The summed E-state index contributed by atoms with van der Waals surface area (Å²) in [4.78, 5) is 39.1. The molecule has 2 aromatic carbocycles. The first kappa shape index (κ1) is 31.7. The number of nitrogens with zero attached hydrogens (tertiary/aromatic N) is 5. The second-order valence-corrected chi connectivity index (χ2v) is 12.4. The first-order valence-corrected chi connectivity index (χ1v) is 14.8. The van der Waals surface area contributed by atoms with Crippen molar-refractivity contribution in [1.82, 2.24) is 24.3 Å². The van der Waals surface area contributed by atoms with Crippen LogP contribution in [0.5, 0.6) is 17.4 Å². The third kappa shape index (κ3) is 6.03. The second-order valence-electron chi connectivity index (χ2n) is 12.4. The Morgan fingerprint density at radius 3 is 2.40 bits per heavy atom. The summed E-state index contributed by atoms with van der Waals surface area (Å²) in [6, 6.07) is 8.91. The van der Waals surface area contributed by atoms with Crippen LogP contribution in [0.25, 0.3) is 22.0 Å². The van der Waals surface area contributed by atoms with Gasteiger partial charge in [-0.2, -0.15) is 4.98 Å². The highest BCUT2D eigenvalue weighted by Crippen LogP contribution is 2.48. The molecular formula is C33H41N7O5. The SMILES string of the molecule is CNc1nccc(Oc2cccc3c(-c4c(C(C)(C)C)cc(C(N)=O)c(OC)c4CN4CCN(C)CC4)c(C(=O)O)n(C)c23)n1. The van der Waals surface area contributed by atoms with Crippen molar-refractivity contribution in [3.63, 3.8) is 0 Å². The number of carbonyl (C=O) groups excluding carboxylic acids is 1. The number of ether oxygens (including phenoxy) is 2. The van der Waals surface area contributed by atoms with Gasteiger partial charge in [0.05, 0.1) is 18.2 Å². The molecule has 1 aliphatic rings. The van der Waals surface area contributed by atoms with Crippen LogP contribution in [0.1, 0.15) is 52.7 Å². The number of carbonyl (C=O) groups is 2. The standard InChI is InChI=1S/C33H41N7O5/c1-33(2,3)22-17-20(30(34)41)29(44-7)21(18-40-15-13-38(5)14-16-40)25(22)26-19-9-8-10-23(27(19)39(6)28(26)31(42)43)45-24-11-12-36-32(35-4)37-24/h8-12,17H,13-16,18H2,1-7H3,(H2,34,41)(H,42,43)(H,35,36,37). The molecule has 1 fully saturated rings. The number of methoxy groups -OCH3 is 1. The van der Waals surface area contributed by atoms with Gasteiger partial charge in [0.1, 0.15) is 11.4 Å². The van der Waals surface area contributed by atoms with Crippen LogP contribution < -0.4 is 20.5 Å². The molecule has 0 spiro atoms. The third-order valence-corrected chi connectivity index (χ3v) is 8.33. The average molecular weight is 616 g/mol. The molecule has 0 bridgehead atoms. The summed E-state index contributed by atoms with van der Waals surface area (Å²) in [6.45, 7) is 9.93. The van der Waals surface area contributed by atoms with Crippen molar-refractivity contribution in [2.75, 3.05) is 52.7 Å². The number of piperazine rings is 1. The maximum atomic E-state index is 13.2. The minimum atomic E-state index is -1.10. The quantitative estimate of drug-likeness (QED) is 0.249. The van der Waals surface area contributed by atoms with E-state index >= 15 is 0 Å². The predicted octanol–water partition coefficient (Wildman–Crippen LogP) is 4.32. The molecule has 45 heavy (non-hydrogen) atoms. The van der Waals surface area contributed by atoms with Gasteiger partial charge in [-0.3, -0.25) is 9.69 Å². The van der Waals surface area contributed by atoms with Gasteiger partial charge in [-0.15, -0.1) is 0 Å². The van der Waals surface area contributed by atoms with Gasteiger partial charge in [0, 0.05) is 75.6 Å². The van der Waals surface area contributed by atoms with Crippen molar-refractivity contribution in [2.45, 2.75) is 32.7 Å². The number of likely N-dealkylation sites (N-methyl/N-ethyl adjacent to an activating group) is 1. The molecule has 0 saturated carbocycles. The number of hydrogen-bond donors (Lipinski definition) is 3. The van der Waals surface area contributed by atoms with E-state index in [9.17, 15) is 14.7 Å². The highest BCUT2D eigenvalue weighted by atomic mass is 16.5. The van der Waals surface area contributed by atoms with Gasteiger partial charge in [0.25, 0.3) is 5.91 Å². The number of nitrogens with two attached hydrogens (primary N) is 1. The van der Waals surface area contributed by atoms with Crippen molar-refractivity contribution >= 4 is 28.7 Å². The molecular weight excluding hydrogens is 574 g/mol. The molecule has 4 aromatic rings. The van der Waals surface area contributed by atoms with Gasteiger partial charge in [0.15, 0.2) is 5.75 Å². The molecule has 1 amide bonds. The van der Waals surface area contributed by atoms with Crippen LogP contribution in [0.2, 0.25) is 0 Å². The van der Waals surface area contributed by atoms with E-state index in [1.807, 2.05) is 32.9 Å². The van der Waals surface area contributed by atoms with Crippen LogP contribution in [0.15, 0.2) is 36.5 Å². The minimum Gasteiger partial charge on any atom is -0.496 e. The number of aryl methyl sites for hydroxylation is 1. The number of fused-ring (bicyclic) bond motifs is 1. The Bertz CT molecular complexity index is 1770. The molecule has 2 aromatic heterocycles. The largest absolute Gasteiger partial charge is 0.496 e. The smallest absolute Gasteiger partial charge is 0.353 e. The van der Waals surface area contributed by atoms with E-state index in [1.54, 1.807) is 43.1 Å². The average Bonchev–Trinajstić information content (AvgIpc) is 3.30. The highest BCUT2D eigenvalue weighted by molar-refractivity contribution is 6.11. The molecule has 5 rings (SSSR count). The van der Waals surface area contributed by atoms with Crippen LogP contribution in [-0.4, -0.2) is 88.7 Å². The lowest BCUT2D eigenvalue weighted by molar-refractivity contribution is 0.0687. The van der Waals surface area contributed by atoms with Gasteiger partial charge in [0.2, 0.25) is 11.8 Å². The van der Waals surface area contributed by atoms with E-state index in [0.717, 1.165) is 37.3 Å². The van der Waals surface area contributed by atoms with E-state index in [1.165, 1.54) is 7.11 Å². The van der Waals surface area contributed by atoms with Crippen LogP contribution in [0, 0.1) is 0 Å². The fourth-order valence-electron chi connectivity index (χ4n) is 6.09. The van der Waals surface area contributed by atoms with Gasteiger partial charge in [-0.05, 0) is 35.7 Å². The summed E-state index contributed by atoms with van der Waals surface area (Å²) in [6.07, 6.45) is 1.58. The number of primary amides is 1. The third-order valence-electron chi connectivity index (χ3n) is 8.33. The molecule has 0 atom stereocenters. The van der Waals surface area contributed by atoms with E-state index in [4.69, 9.17) is 15.2 Å². The van der Waals surface area contributed by atoms with Gasteiger partial charge >= 0.3 is 5.97 Å². The summed E-state index contributed by atoms with van der Waals surface area (Å²) < 4.78 is 13.8. The summed E-state index contributed by atoms with van der Waals surface area (Å²) >= 11 is 0. The Kier molecular flexibility index (Phi) is 8.72. The number of amides is 1. The molecule has 0 aliphatic carbocycles. The van der Waals surface area contributed by atoms with Crippen LogP contribution >= 0.6 is 0 Å². The Hall–Kier alpha value is -4.68. The second kappa shape index (κ2) is 12.4. The topological polar surface area (TPSA) is 148 Å². The Morgan fingerprint density at radius 1 is 1.09 bits per heavy atom. The van der Waals surface area contributed by atoms with E-state index < -0.39 is 17.3 Å². The number of carboxylic acid groups (broad SMARTS) is 1. The molecule has 4 N–H and O–H groups in total. The number of nitrogens with one attached hydrogen (secondary N) is 1. The lowest BCUT2D eigenvalue weighted by Crippen LogP contribution is -2.44. The van der Waals surface area contributed by atoms with E-state index in [0.29, 0.717) is 51.9 Å². The molecule has 0 radical (unpaired) electrons. The van der Waals surface area contributed by atoms with Crippen LogP contribution in [0.3, 0.4) is 0 Å². The zero-order valence-corrected chi connectivity index (χ0v) is 26.9. The van der Waals surface area contributed by atoms with Crippen molar-refractivity contribution in [2.24, 2.45) is 12.8 Å². The molecule has 0 unspecified atom stereocenters. The lowest BCUT2D eigenvalue weighted by Gasteiger charge is -2.34. The van der Waals surface area contributed by atoms with E-state index in [2.05, 4.69) is 32.1 Å². The molecule has 12 heteroatoms. The maximum Gasteiger partial charge on any atom is 0.353 e. The van der Waals surface area contributed by atoms with Gasteiger partial charge in [-0.1, -0.05) is 32.9 Å². The van der Waals surface area contributed by atoms with Crippen molar-refractivity contribution < 1.29 is 24.2 Å². The minimum absolute atomic E-state index is 0.0821. The number of rotatable bonds is 9. The fourth-order valence-corrected chi connectivity index (χ4v) is 6.09. The number of aromatic carboxylic acids is 1. The number of anilines is 1. The summed E-state index contributed by atoms with van der Waals surface area (Å²) in [5.41, 5.74) is 9.10. The Labute approximate surface area is 262 Å². The summed E-state index contributed by atoms with van der Waals surface area (Å²) in [5.74, 6) is -0.226. The maximum absolute atomic E-state index is 13.2. The van der Waals surface area contributed by atoms with Crippen molar-refractivity contribution in [3.8, 4) is 28.5 Å². The zero-order valence-electron chi connectivity index (χ0n) is 26.9. The number of hydrogen-bond acceptors (Lipinski definition) is 9. The fraction of sp³-hybridized carbons (Fsp3) is 0.394. The lowest BCUT2D eigenvalue weighted by atomic mass is 9.77. The number of para-hydroxylation sites is 1. The molecule has 12 nitrogen and oxygen atoms in total.